The lowest BCUT2D eigenvalue weighted by Gasteiger charge is -2.20. The zero-order chi connectivity index (χ0) is 21.8. The molecular weight excluding hydrogens is 410 g/mol. The Balaban J connectivity index is 1.43. The van der Waals surface area contributed by atoms with E-state index in [0.29, 0.717) is 28.9 Å². The van der Waals surface area contributed by atoms with E-state index in [0.717, 1.165) is 32.9 Å². The van der Waals surface area contributed by atoms with Crippen LogP contribution in [-0.2, 0) is 0 Å². The van der Waals surface area contributed by atoms with Gasteiger partial charge in [-0.05, 0) is 29.8 Å². The van der Waals surface area contributed by atoms with Gasteiger partial charge in [0.1, 0.15) is 0 Å². The van der Waals surface area contributed by atoms with E-state index >= 15 is 0 Å². The summed E-state index contributed by atoms with van der Waals surface area (Å²) < 4.78 is 14.4. The smallest absolute Gasteiger partial charge is 0.234 e. The Morgan fingerprint density at radius 1 is 0.515 bits per heavy atom. The molecule has 5 heteroatoms. The van der Waals surface area contributed by atoms with E-state index in [2.05, 4.69) is 28.8 Å². The predicted octanol–water partition coefficient (Wildman–Crippen LogP) is 7.14. The zero-order valence-corrected chi connectivity index (χ0v) is 17.5. The van der Waals surface area contributed by atoms with Gasteiger partial charge in [-0.25, -0.2) is 9.97 Å². The Morgan fingerprint density at radius 2 is 1.15 bits per heavy atom. The molecule has 3 heterocycles. The van der Waals surface area contributed by atoms with Gasteiger partial charge in [0.25, 0.3) is 0 Å². The zero-order valence-electron chi connectivity index (χ0n) is 17.5. The minimum Gasteiger partial charge on any atom is -0.449 e. The molecule has 0 radical (unpaired) electrons. The number of para-hydroxylation sites is 3. The lowest BCUT2D eigenvalue weighted by molar-refractivity contribution is 0.360. The van der Waals surface area contributed by atoms with Crippen molar-refractivity contribution in [1.29, 1.82) is 0 Å². The maximum atomic E-state index is 6.17. The average Bonchev–Trinajstić information content (AvgIpc) is 3.20. The lowest BCUT2D eigenvalue weighted by atomic mass is 10.1. The van der Waals surface area contributed by atoms with E-state index in [1.165, 1.54) is 0 Å². The van der Waals surface area contributed by atoms with Gasteiger partial charge in [0.2, 0.25) is 5.95 Å². The molecule has 0 saturated heterocycles. The van der Waals surface area contributed by atoms with Gasteiger partial charge in [0, 0.05) is 34.8 Å². The first-order chi connectivity index (χ1) is 16.3. The molecule has 0 fully saturated rings. The third-order valence-electron chi connectivity index (χ3n) is 5.97. The highest BCUT2D eigenvalue weighted by Crippen LogP contribution is 2.48. The largest absolute Gasteiger partial charge is 0.449 e. The van der Waals surface area contributed by atoms with E-state index < -0.39 is 0 Å². The molecule has 0 N–H and O–H groups in total. The molecule has 0 amide bonds. The molecule has 4 aromatic carbocycles. The highest BCUT2D eigenvalue weighted by atomic mass is 16.6. The topological polar surface area (TPSA) is 49.2 Å². The minimum absolute atomic E-state index is 0.609. The molecule has 0 saturated carbocycles. The van der Waals surface area contributed by atoms with E-state index in [1.807, 2.05) is 79.1 Å². The second-order valence-electron chi connectivity index (χ2n) is 7.96. The maximum Gasteiger partial charge on any atom is 0.234 e. The fourth-order valence-electron chi connectivity index (χ4n) is 4.42. The number of benzene rings is 4. The molecular formula is C28H17N3O2. The molecule has 7 rings (SSSR count). The number of hydrogen-bond donors (Lipinski definition) is 0. The van der Waals surface area contributed by atoms with Crippen LogP contribution in [0.25, 0.3) is 38.9 Å². The van der Waals surface area contributed by atoms with Crippen LogP contribution in [0.15, 0.2) is 103 Å². The fraction of sp³-hybridized carbons (Fsp3) is 0. The minimum atomic E-state index is 0.609. The standard InChI is InChI=1S/C28H17N3O2/c1-2-8-18(9-3-1)19-16-29-28(30-17-19)31-22-11-5-4-10-20(22)21-14-26-27(15-23(21)31)33-25-13-7-6-12-24(25)32-26/h1-17H. The third kappa shape index (κ3) is 2.79. The highest BCUT2D eigenvalue weighted by Gasteiger charge is 2.22. The number of ether oxygens (including phenoxy) is 2. The van der Waals surface area contributed by atoms with Gasteiger partial charge in [-0.3, -0.25) is 4.57 Å². The molecule has 0 aliphatic carbocycles. The van der Waals surface area contributed by atoms with Gasteiger partial charge in [0.05, 0.1) is 11.0 Å². The molecule has 0 bridgehead atoms. The Morgan fingerprint density at radius 3 is 1.91 bits per heavy atom. The van der Waals surface area contributed by atoms with Crippen LogP contribution in [0.3, 0.4) is 0 Å². The van der Waals surface area contributed by atoms with Crippen LogP contribution in [0, 0.1) is 0 Å². The number of hydrogen-bond acceptors (Lipinski definition) is 4. The summed E-state index contributed by atoms with van der Waals surface area (Å²) >= 11 is 0. The van der Waals surface area contributed by atoms with Crippen LogP contribution >= 0.6 is 0 Å². The molecule has 1 aliphatic heterocycles. The average molecular weight is 427 g/mol. The van der Waals surface area contributed by atoms with Gasteiger partial charge in [-0.2, -0.15) is 0 Å². The second-order valence-corrected chi connectivity index (χ2v) is 7.96. The van der Waals surface area contributed by atoms with E-state index in [4.69, 9.17) is 19.4 Å². The van der Waals surface area contributed by atoms with Crippen molar-refractivity contribution in [2.24, 2.45) is 0 Å². The summed E-state index contributed by atoms with van der Waals surface area (Å²) in [5.41, 5.74) is 4.06. The summed E-state index contributed by atoms with van der Waals surface area (Å²) in [4.78, 5) is 9.45. The molecule has 0 unspecified atom stereocenters. The molecule has 6 aromatic rings. The summed E-state index contributed by atoms with van der Waals surface area (Å²) in [6, 6.07) is 30.1. The SMILES string of the molecule is c1ccc(-c2cnc(-n3c4ccccc4c4cc5c(cc43)Oc3ccccc3O5)nc2)cc1. The van der Waals surface area contributed by atoms with E-state index in [-0.39, 0.29) is 0 Å². The molecule has 156 valence electrons. The summed E-state index contributed by atoms with van der Waals surface area (Å²) in [5.74, 6) is 3.40. The van der Waals surface area contributed by atoms with Crippen LogP contribution < -0.4 is 9.47 Å². The van der Waals surface area contributed by atoms with Gasteiger partial charge >= 0.3 is 0 Å². The van der Waals surface area contributed by atoms with Crippen LogP contribution in [0.1, 0.15) is 0 Å². The van der Waals surface area contributed by atoms with Crippen molar-refractivity contribution >= 4 is 21.8 Å². The van der Waals surface area contributed by atoms with Crippen molar-refractivity contribution in [3.8, 4) is 40.1 Å². The quantitative estimate of drug-likeness (QED) is 0.294. The Hall–Kier alpha value is -4.64. The number of nitrogens with zero attached hydrogens (tertiary/aromatic N) is 3. The first-order valence-corrected chi connectivity index (χ1v) is 10.7. The van der Waals surface area contributed by atoms with Crippen molar-refractivity contribution in [3.63, 3.8) is 0 Å². The Labute approximate surface area is 189 Å². The summed E-state index contributed by atoms with van der Waals surface area (Å²) in [6.07, 6.45) is 3.74. The monoisotopic (exact) mass is 427 g/mol. The third-order valence-corrected chi connectivity index (χ3v) is 5.97. The molecule has 33 heavy (non-hydrogen) atoms. The molecule has 5 nitrogen and oxygen atoms in total. The highest BCUT2D eigenvalue weighted by molar-refractivity contribution is 6.10. The number of rotatable bonds is 2. The van der Waals surface area contributed by atoms with Crippen LogP contribution in [-0.4, -0.2) is 14.5 Å². The van der Waals surface area contributed by atoms with Crippen LogP contribution in [0.4, 0.5) is 0 Å². The van der Waals surface area contributed by atoms with Gasteiger partial charge in [0.15, 0.2) is 23.0 Å². The van der Waals surface area contributed by atoms with Gasteiger partial charge < -0.3 is 9.47 Å². The van der Waals surface area contributed by atoms with Crippen LogP contribution in [0.5, 0.6) is 23.0 Å². The normalized spacial score (nSPS) is 12.1. The summed E-state index contributed by atoms with van der Waals surface area (Å²) in [7, 11) is 0. The van der Waals surface area contributed by atoms with Crippen molar-refractivity contribution in [2.45, 2.75) is 0 Å². The predicted molar refractivity (Wildman–Crippen MR) is 128 cm³/mol. The first kappa shape index (κ1) is 18.0. The van der Waals surface area contributed by atoms with Crippen molar-refractivity contribution < 1.29 is 9.47 Å². The van der Waals surface area contributed by atoms with Crippen molar-refractivity contribution in [2.75, 3.05) is 0 Å². The summed E-state index contributed by atoms with van der Waals surface area (Å²) in [6.45, 7) is 0. The number of aromatic nitrogens is 3. The molecule has 2 aromatic heterocycles. The van der Waals surface area contributed by atoms with Crippen molar-refractivity contribution in [1.82, 2.24) is 14.5 Å². The molecule has 0 spiro atoms. The van der Waals surface area contributed by atoms with E-state index in [1.54, 1.807) is 0 Å². The number of fused-ring (bicyclic) bond motifs is 5. The second kappa shape index (κ2) is 6.93. The Bertz CT molecular complexity index is 1650. The maximum absolute atomic E-state index is 6.17. The first-order valence-electron chi connectivity index (χ1n) is 10.7. The van der Waals surface area contributed by atoms with E-state index in [9.17, 15) is 0 Å². The fourth-order valence-corrected chi connectivity index (χ4v) is 4.42. The summed E-state index contributed by atoms with van der Waals surface area (Å²) in [5, 5.41) is 2.16. The van der Waals surface area contributed by atoms with Gasteiger partial charge in [-0.1, -0.05) is 60.7 Å². The lowest BCUT2D eigenvalue weighted by Crippen LogP contribution is -2.02. The van der Waals surface area contributed by atoms with Crippen molar-refractivity contribution in [3.05, 3.63) is 103 Å². The van der Waals surface area contributed by atoms with Gasteiger partial charge in [-0.15, -0.1) is 0 Å². The Kier molecular flexibility index (Phi) is 3.78. The molecule has 0 atom stereocenters. The van der Waals surface area contributed by atoms with Crippen LogP contribution in [0.2, 0.25) is 0 Å². The molecule has 1 aliphatic rings.